The Labute approximate surface area is 93.1 Å². The highest BCUT2D eigenvalue weighted by Gasteiger charge is 2.05. The van der Waals surface area contributed by atoms with Crippen molar-refractivity contribution in [2.45, 2.75) is 24.9 Å². The first-order chi connectivity index (χ1) is 7.16. The van der Waals surface area contributed by atoms with Gasteiger partial charge in [0.2, 0.25) is 0 Å². The molecule has 15 heavy (non-hydrogen) atoms. The van der Waals surface area contributed by atoms with Crippen molar-refractivity contribution >= 4 is 22.7 Å². The predicted octanol–water partition coefficient (Wildman–Crippen LogP) is 3.95. The van der Waals surface area contributed by atoms with E-state index in [1.54, 1.807) is 6.07 Å². The van der Waals surface area contributed by atoms with Gasteiger partial charge in [0.1, 0.15) is 5.82 Å². The minimum Gasteiger partial charge on any atom is -0.361 e. The van der Waals surface area contributed by atoms with Gasteiger partial charge in [-0.25, -0.2) is 4.39 Å². The van der Waals surface area contributed by atoms with Gasteiger partial charge in [-0.3, -0.25) is 0 Å². The van der Waals surface area contributed by atoms with Gasteiger partial charge in [0.25, 0.3) is 0 Å². The summed E-state index contributed by atoms with van der Waals surface area (Å²) in [6, 6.07) is 4.90. The van der Waals surface area contributed by atoms with Gasteiger partial charge in [-0.2, -0.15) is 11.8 Å². The van der Waals surface area contributed by atoms with Crippen LogP contribution in [0.2, 0.25) is 0 Å². The minimum atomic E-state index is -0.188. The number of benzene rings is 1. The molecule has 2 aromatic rings. The first kappa shape index (κ1) is 10.6. The summed E-state index contributed by atoms with van der Waals surface area (Å²) in [4.78, 5) is 3.10. The third-order valence-corrected chi connectivity index (χ3v) is 3.45. The highest BCUT2D eigenvalue weighted by atomic mass is 32.2. The zero-order valence-corrected chi connectivity index (χ0v) is 9.70. The van der Waals surface area contributed by atoms with Crippen LogP contribution in [0.5, 0.6) is 0 Å². The van der Waals surface area contributed by atoms with E-state index in [1.165, 1.54) is 11.6 Å². The molecule has 0 saturated carbocycles. The number of fused-ring (bicyclic) bond motifs is 1. The van der Waals surface area contributed by atoms with E-state index in [1.807, 2.05) is 24.0 Å². The summed E-state index contributed by atoms with van der Waals surface area (Å²) in [7, 11) is 0. The second-order valence-corrected chi connectivity index (χ2v) is 5.43. The van der Waals surface area contributed by atoms with Crippen molar-refractivity contribution in [2.24, 2.45) is 0 Å². The lowest BCUT2D eigenvalue weighted by Gasteiger charge is -2.03. The maximum atomic E-state index is 12.9. The van der Waals surface area contributed by atoms with Gasteiger partial charge in [-0.1, -0.05) is 13.8 Å². The lowest BCUT2D eigenvalue weighted by molar-refractivity contribution is 0.629. The fourth-order valence-corrected chi connectivity index (χ4v) is 2.29. The van der Waals surface area contributed by atoms with Crippen LogP contribution in [-0.2, 0) is 5.75 Å². The Balaban J connectivity index is 2.29. The Hall–Kier alpha value is -0.960. The first-order valence-electron chi connectivity index (χ1n) is 5.04. The highest BCUT2D eigenvalue weighted by Crippen LogP contribution is 2.24. The molecule has 0 radical (unpaired) electrons. The van der Waals surface area contributed by atoms with Crippen molar-refractivity contribution < 1.29 is 4.39 Å². The van der Waals surface area contributed by atoms with E-state index in [-0.39, 0.29) is 5.82 Å². The van der Waals surface area contributed by atoms with Crippen LogP contribution in [0.1, 0.15) is 19.4 Å². The zero-order valence-electron chi connectivity index (χ0n) is 8.88. The lowest BCUT2D eigenvalue weighted by atomic mass is 10.2. The molecule has 0 saturated heterocycles. The van der Waals surface area contributed by atoms with Gasteiger partial charge in [0, 0.05) is 22.9 Å². The van der Waals surface area contributed by atoms with Crippen LogP contribution in [0.3, 0.4) is 0 Å². The number of rotatable bonds is 3. The monoisotopic (exact) mass is 223 g/mol. The molecule has 1 heterocycles. The molecule has 0 atom stereocenters. The maximum absolute atomic E-state index is 12.9. The van der Waals surface area contributed by atoms with Crippen LogP contribution < -0.4 is 0 Å². The molecular formula is C12H14FNS. The first-order valence-corrected chi connectivity index (χ1v) is 6.09. The van der Waals surface area contributed by atoms with E-state index >= 15 is 0 Å². The summed E-state index contributed by atoms with van der Waals surface area (Å²) < 4.78 is 12.9. The van der Waals surface area contributed by atoms with Crippen LogP contribution in [0.15, 0.2) is 24.4 Å². The van der Waals surface area contributed by atoms with Crippen molar-refractivity contribution in [3.05, 3.63) is 35.8 Å². The molecule has 1 aromatic heterocycles. The summed E-state index contributed by atoms with van der Waals surface area (Å²) in [5, 5.41) is 1.75. The van der Waals surface area contributed by atoms with E-state index < -0.39 is 0 Å². The largest absolute Gasteiger partial charge is 0.361 e. The molecule has 80 valence electrons. The number of hydrogen-bond acceptors (Lipinski definition) is 1. The minimum absolute atomic E-state index is 0.188. The van der Waals surface area contributed by atoms with Crippen LogP contribution in [0, 0.1) is 5.82 Å². The van der Waals surface area contributed by atoms with Crippen molar-refractivity contribution in [1.82, 2.24) is 4.98 Å². The summed E-state index contributed by atoms with van der Waals surface area (Å²) in [6.45, 7) is 4.36. The quantitative estimate of drug-likeness (QED) is 0.833. The molecule has 0 spiro atoms. The lowest BCUT2D eigenvalue weighted by Crippen LogP contribution is -1.87. The molecule has 0 aliphatic heterocycles. The number of halogens is 1. The number of aromatic amines is 1. The molecule has 2 rings (SSSR count). The number of aromatic nitrogens is 1. The standard InChI is InChI=1S/C12H14FNS/c1-8(2)15-7-9-6-14-12-5-10(13)3-4-11(9)12/h3-6,8,14H,7H2,1-2H3. The fraction of sp³-hybridized carbons (Fsp3) is 0.333. The SMILES string of the molecule is CC(C)SCc1c[nH]c2cc(F)ccc12. The Kier molecular flexibility index (Phi) is 3.00. The second kappa shape index (κ2) is 4.27. The Bertz CT molecular complexity index is 462. The topological polar surface area (TPSA) is 15.8 Å². The predicted molar refractivity (Wildman–Crippen MR) is 64.7 cm³/mol. The van der Waals surface area contributed by atoms with Crippen LogP contribution >= 0.6 is 11.8 Å². The number of hydrogen-bond donors (Lipinski definition) is 1. The van der Waals surface area contributed by atoms with E-state index in [2.05, 4.69) is 18.8 Å². The number of nitrogens with one attached hydrogen (secondary N) is 1. The van der Waals surface area contributed by atoms with Gasteiger partial charge in [-0.15, -0.1) is 0 Å². The Morgan fingerprint density at radius 2 is 2.20 bits per heavy atom. The molecule has 0 fully saturated rings. The number of thioether (sulfide) groups is 1. The average Bonchev–Trinajstić information content (AvgIpc) is 2.57. The number of H-pyrrole nitrogens is 1. The van der Waals surface area contributed by atoms with E-state index in [9.17, 15) is 4.39 Å². The third kappa shape index (κ3) is 2.34. The van der Waals surface area contributed by atoms with Crippen molar-refractivity contribution in [3.63, 3.8) is 0 Å². The Morgan fingerprint density at radius 3 is 2.93 bits per heavy atom. The van der Waals surface area contributed by atoms with Crippen LogP contribution in [0.25, 0.3) is 10.9 Å². The van der Waals surface area contributed by atoms with Crippen molar-refractivity contribution in [2.75, 3.05) is 0 Å². The highest BCUT2D eigenvalue weighted by molar-refractivity contribution is 7.99. The normalized spacial score (nSPS) is 11.5. The van der Waals surface area contributed by atoms with E-state index in [0.717, 1.165) is 16.7 Å². The Morgan fingerprint density at radius 1 is 1.40 bits per heavy atom. The van der Waals surface area contributed by atoms with Gasteiger partial charge in [-0.05, 0) is 29.0 Å². The van der Waals surface area contributed by atoms with E-state index in [0.29, 0.717) is 5.25 Å². The third-order valence-electron chi connectivity index (χ3n) is 2.30. The molecule has 1 aromatic carbocycles. The van der Waals surface area contributed by atoms with Gasteiger partial charge >= 0.3 is 0 Å². The molecule has 1 nitrogen and oxygen atoms in total. The second-order valence-electron chi connectivity index (χ2n) is 3.86. The van der Waals surface area contributed by atoms with E-state index in [4.69, 9.17) is 0 Å². The molecule has 0 aliphatic rings. The molecule has 1 N–H and O–H groups in total. The van der Waals surface area contributed by atoms with Crippen LogP contribution in [-0.4, -0.2) is 10.2 Å². The molecule has 0 aliphatic carbocycles. The van der Waals surface area contributed by atoms with Crippen LogP contribution in [0.4, 0.5) is 4.39 Å². The van der Waals surface area contributed by atoms with Crippen molar-refractivity contribution in [3.8, 4) is 0 Å². The summed E-state index contributed by atoms with van der Waals surface area (Å²) in [6.07, 6.45) is 1.97. The van der Waals surface area contributed by atoms with Gasteiger partial charge in [0.05, 0.1) is 0 Å². The summed E-state index contributed by atoms with van der Waals surface area (Å²) >= 11 is 1.89. The fourth-order valence-electron chi connectivity index (χ4n) is 1.53. The maximum Gasteiger partial charge on any atom is 0.125 e. The van der Waals surface area contributed by atoms with Crippen molar-refractivity contribution in [1.29, 1.82) is 0 Å². The molecule has 0 bridgehead atoms. The van der Waals surface area contributed by atoms with Gasteiger partial charge in [0.15, 0.2) is 0 Å². The zero-order chi connectivity index (χ0) is 10.8. The summed E-state index contributed by atoms with van der Waals surface area (Å²) in [5.74, 6) is 0.788. The molecule has 3 heteroatoms. The van der Waals surface area contributed by atoms with Gasteiger partial charge < -0.3 is 4.98 Å². The average molecular weight is 223 g/mol. The smallest absolute Gasteiger partial charge is 0.125 e. The summed E-state index contributed by atoms with van der Waals surface area (Å²) in [5.41, 5.74) is 2.14. The molecule has 0 unspecified atom stereocenters. The molecule has 0 amide bonds. The molecular weight excluding hydrogens is 209 g/mol.